The molecular weight excluding hydrogens is 532 g/mol. The Morgan fingerprint density at radius 2 is 1.55 bits per heavy atom. The third kappa shape index (κ3) is 7.45. The van der Waals surface area contributed by atoms with Crippen LogP contribution in [0, 0.1) is 5.41 Å². The Morgan fingerprint density at radius 3 is 2.14 bits per heavy atom. The molecule has 0 radical (unpaired) electrons. The molecule has 42 heavy (non-hydrogen) atoms. The second-order valence-corrected chi connectivity index (χ2v) is 9.70. The molecule has 0 fully saturated rings. The van der Waals surface area contributed by atoms with Crippen LogP contribution in [-0.2, 0) is 16.2 Å². The highest BCUT2D eigenvalue weighted by atomic mass is 16.5. The van der Waals surface area contributed by atoms with E-state index in [1.54, 1.807) is 49.4 Å². The Morgan fingerprint density at radius 1 is 0.905 bits per heavy atom. The molecule has 216 valence electrons. The van der Waals surface area contributed by atoms with Gasteiger partial charge in [-0.1, -0.05) is 66.7 Å². The number of amidine groups is 1. The summed E-state index contributed by atoms with van der Waals surface area (Å²) in [5, 5.41) is 20.7. The van der Waals surface area contributed by atoms with E-state index in [-0.39, 0.29) is 5.84 Å². The van der Waals surface area contributed by atoms with E-state index >= 15 is 0 Å². The fourth-order valence-corrected chi connectivity index (χ4v) is 4.55. The molecular formula is C33H34N4O5. The zero-order valence-electron chi connectivity index (χ0n) is 23.5. The summed E-state index contributed by atoms with van der Waals surface area (Å²) in [5.41, 5.74) is 9.08. The highest BCUT2D eigenvalue weighted by Gasteiger charge is 2.32. The number of methoxy groups -OCH3 is 1. The maximum absolute atomic E-state index is 14.2. The second-order valence-electron chi connectivity index (χ2n) is 9.70. The average molecular weight is 567 g/mol. The number of carbonyl (C=O) groups is 2. The highest BCUT2D eigenvalue weighted by Crippen LogP contribution is 2.34. The van der Waals surface area contributed by atoms with Crippen molar-refractivity contribution >= 4 is 23.4 Å². The van der Waals surface area contributed by atoms with Gasteiger partial charge in [0.2, 0.25) is 0 Å². The van der Waals surface area contributed by atoms with Crippen molar-refractivity contribution in [2.45, 2.75) is 25.6 Å². The Bertz CT molecular complexity index is 1510. The number of nitrogen functional groups attached to an aromatic ring is 1. The van der Waals surface area contributed by atoms with Crippen molar-refractivity contribution in [2.24, 2.45) is 5.73 Å². The first-order valence-electron chi connectivity index (χ1n) is 13.4. The van der Waals surface area contributed by atoms with E-state index in [0.29, 0.717) is 34.9 Å². The number of benzene rings is 4. The van der Waals surface area contributed by atoms with E-state index < -0.39 is 30.5 Å². The van der Waals surface area contributed by atoms with Crippen molar-refractivity contribution < 1.29 is 24.2 Å². The van der Waals surface area contributed by atoms with Crippen LogP contribution < -0.4 is 20.5 Å². The number of nitrogens with one attached hydrogen (secondary N) is 2. The molecule has 4 aromatic rings. The van der Waals surface area contributed by atoms with Crippen molar-refractivity contribution in [1.82, 2.24) is 4.90 Å². The summed E-state index contributed by atoms with van der Waals surface area (Å²) in [5.74, 6) is -0.713. The molecule has 0 saturated carbocycles. The molecule has 0 bridgehead atoms. The van der Waals surface area contributed by atoms with Crippen molar-refractivity contribution in [1.29, 1.82) is 5.41 Å². The zero-order chi connectivity index (χ0) is 30.1. The molecule has 0 aromatic heterocycles. The maximum Gasteiger partial charge on any atom is 0.323 e. The van der Waals surface area contributed by atoms with Gasteiger partial charge in [-0.25, -0.2) is 0 Å². The van der Waals surface area contributed by atoms with Crippen LogP contribution in [0.4, 0.5) is 5.69 Å². The van der Waals surface area contributed by atoms with Gasteiger partial charge in [0.15, 0.2) is 11.5 Å². The summed E-state index contributed by atoms with van der Waals surface area (Å²) >= 11 is 0. The van der Waals surface area contributed by atoms with Gasteiger partial charge in [0.25, 0.3) is 5.91 Å². The molecule has 0 aliphatic heterocycles. The lowest BCUT2D eigenvalue weighted by molar-refractivity contribution is -0.146. The third-order valence-electron chi connectivity index (χ3n) is 6.85. The monoisotopic (exact) mass is 566 g/mol. The lowest BCUT2D eigenvalue weighted by atomic mass is 10.0. The lowest BCUT2D eigenvalue weighted by Gasteiger charge is -2.32. The highest BCUT2D eigenvalue weighted by molar-refractivity contribution is 5.95. The van der Waals surface area contributed by atoms with Crippen molar-refractivity contribution in [3.05, 3.63) is 125 Å². The van der Waals surface area contributed by atoms with Crippen LogP contribution in [0.15, 0.2) is 103 Å². The summed E-state index contributed by atoms with van der Waals surface area (Å²) in [7, 11) is 1.52. The first kappa shape index (κ1) is 29.7. The van der Waals surface area contributed by atoms with Gasteiger partial charge in [-0.2, -0.15) is 0 Å². The zero-order valence-corrected chi connectivity index (χ0v) is 23.5. The van der Waals surface area contributed by atoms with Gasteiger partial charge in [-0.15, -0.1) is 0 Å². The number of ether oxygens (including phenoxy) is 2. The average Bonchev–Trinajstić information content (AvgIpc) is 3.02. The predicted molar refractivity (Wildman–Crippen MR) is 162 cm³/mol. The normalized spacial score (nSPS) is 12.0. The molecule has 0 aliphatic rings. The number of amides is 1. The molecule has 0 heterocycles. The van der Waals surface area contributed by atoms with Gasteiger partial charge in [0, 0.05) is 11.3 Å². The molecule has 0 saturated heterocycles. The standard InChI is InChI=1S/C33H34N4O5/c1-22(24-11-7-4-8-12-24)37(20-30(38)39)33(40)31(36-27-16-13-25(14-17-27)32(34)35)26-15-18-28(29(19-26)41-2)42-21-23-9-5-3-6-10-23/h3-19,22,31,36H,20-21H2,1-2H3,(H3,34,35)(H,38,39)/t22-,31+/m0/s1. The van der Waals surface area contributed by atoms with E-state index in [9.17, 15) is 14.7 Å². The number of nitrogens with two attached hydrogens (primary N) is 1. The number of hydrogen-bond acceptors (Lipinski definition) is 6. The lowest BCUT2D eigenvalue weighted by Crippen LogP contribution is -2.42. The van der Waals surface area contributed by atoms with Crippen LogP contribution in [0.25, 0.3) is 0 Å². The molecule has 9 heteroatoms. The van der Waals surface area contributed by atoms with Crippen LogP contribution in [0.2, 0.25) is 0 Å². The summed E-state index contributed by atoms with van der Waals surface area (Å²) in [6.45, 7) is 1.64. The van der Waals surface area contributed by atoms with Gasteiger partial charge in [0.1, 0.15) is 25.0 Å². The number of hydrogen-bond donors (Lipinski definition) is 4. The largest absolute Gasteiger partial charge is 0.493 e. The molecule has 9 nitrogen and oxygen atoms in total. The number of carboxylic acid groups (broad SMARTS) is 1. The molecule has 0 unspecified atom stereocenters. The van der Waals surface area contributed by atoms with Crippen molar-refractivity contribution in [3.8, 4) is 11.5 Å². The number of carboxylic acids is 1. The quantitative estimate of drug-likeness (QED) is 0.126. The molecule has 2 atom stereocenters. The van der Waals surface area contributed by atoms with Crippen molar-refractivity contribution in [2.75, 3.05) is 19.0 Å². The number of aliphatic carboxylic acids is 1. The number of carbonyl (C=O) groups excluding carboxylic acids is 1. The summed E-state index contributed by atoms with van der Waals surface area (Å²) in [6, 6.07) is 29.5. The van der Waals surface area contributed by atoms with E-state index in [1.165, 1.54) is 12.0 Å². The van der Waals surface area contributed by atoms with Crippen molar-refractivity contribution in [3.63, 3.8) is 0 Å². The van der Waals surface area contributed by atoms with Gasteiger partial charge >= 0.3 is 5.97 Å². The molecule has 4 aromatic carbocycles. The van der Waals surface area contributed by atoms with E-state index in [1.807, 2.05) is 60.7 Å². The Hall–Kier alpha value is -5.31. The van der Waals surface area contributed by atoms with Crippen LogP contribution >= 0.6 is 0 Å². The molecule has 0 aliphatic carbocycles. The van der Waals surface area contributed by atoms with Crippen LogP contribution in [-0.4, -0.2) is 41.4 Å². The summed E-state index contributed by atoms with van der Waals surface area (Å²) in [4.78, 5) is 27.5. The predicted octanol–water partition coefficient (Wildman–Crippen LogP) is 5.39. The maximum atomic E-state index is 14.2. The number of rotatable bonds is 13. The van der Waals surface area contributed by atoms with Crippen LogP contribution in [0.3, 0.4) is 0 Å². The Kier molecular flexibility index (Phi) is 9.78. The Balaban J connectivity index is 1.71. The van der Waals surface area contributed by atoms with E-state index in [4.69, 9.17) is 20.6 Å². The van der Waals surface area contributed by atoms with E-state index in [2.05, 4.69) is 5.32 Å². The number of anilines is 1. The smallest absolute Gasteiger partial charge is 0.323 e. The topological polar surface area (TPSA) is 138 Å². The van der Waals surface area contributed by atoms with Gasteiger partial charge in [0.05, 0.1) is 13.2 Å². The second kappa shape index (κ2) is 13.8. The first-order chi connectivity index (χ1) is 20.3. The summed E-state index contributed by atoms with van der Waals surface area (Å²) in [6.07, 6.45) is 0. The fraction of sp³-hybridized carbons (Fsp3) is 0.182. The fourth-order valence-electron chi connectivity index (χ4n) is 4.55. The minimum atomic E-state index is -1.13. The minimum absolute atomic E-state index is 0.0747. The summed E-state index contributed by atoms with van der Waals surface area (Å²) < 4.78 is 11.6. The van der Waals surface area contributed by atoms with Crippen LogP contribution in [0.1, 0.15) is 41.3 Å². The van der Waals surface area contributed by atoms with Gasteiger partial charge in [-0.05, 0) is 60.0 Å². The minimum Gasteiger partial charge on any atom is -0.493 e. The van der Waals surface area contributed by atoms with Crippen LogP contribution in [0.5, 0.6) is 11.5 Å². The van der Waals surface area contributed by atoms with Gasteiger partial charge < -0.3 is 30.5 Å². The molecule has 5 N–H and O–H groups in total. The molecule has 0 spiro atoms. The SMILES string of the molecule is COc1cc([C@@H](Nc2ccc(C(=N)N)cc2)C(=O)N(CC(=O)O)[C@@H](C)c2ccccc2)ccc1OCc1ccccc1. The molecule has 4 rings (SSSR count). The van der Waals surface area contributed by atoms with E-state index in [0.717, 1.165) is 11.1 Å². The van der Waals surface area contributed by atoms with Gasteiger partial charge in [-0.3, -0.25) is 15.0 Å². The first-order valence-corrected chi connectivity index (χ1v) is 13.4. The third-order valence-corrected chi connectivity index (χ3v) is 6.85. The number of nitrogens with zero attached hydrogens (tertiary/aromatic N) is 1. The molecule has 1 amide bonds. The Labute approximate surface area is 245 Å².